The molecule has 0 saturated carbocycles. The van der Waals surface area contributed by atoms with E-state index in [2.05, 4.69) is 30.6 Å². The maximum atomic E-state index is 11.2. The van der Waals surface area contributed by atoms with Gasteiger partial charge in [0.05, 0.1) is 0 Å². The highest BCUT2D eigenvalue weighted by molar-refractivity contribution is 7.84. The molecule has 0 bridgehead atoms. The van der Waals surface area contributed by atoms with Crippen molar-refractivity contribution in [1.82, 2.24) is 5.32 Å². The molecule has 0 spiro atoms. The van der Waals surface area contributed by atoms with Crippen molar-refractivity contribution in [2.45, 2.75) is 32.1 Å². The van der Waals surface area contributed by atoms with E-state index in [4.69, 9.17) is 0 Å². The molecule has 3 atom stereocenters. The van der Waals surface area contributed by atoms with Crippen molar-refractivity contribution in [3.05, 3.63) is 21.9 Å². The SMILES string of the molecule is Cc1ccsc1[C@H](C)NC[C@H](C)[S@](C)=O. The van der Waals surface area contributed by atoms with Crippen LogP contribution in [0.5, 0.6) is 0 Å². The van der Waals surface area contributed by atoms with Crippen LogP contribution in [0.2, 0.25) is 0 Å². The average Bonchev–Trinajstić information content (AvgIpc) is 2.60. The summed E-state index contributed by atoms with van der Waals surface area (Å²) in [4.78, 5) is 1.38. The summed E-state index contributed by atoms with van der Waals surface area (Å²) in [5.74, 6) is 0. The summed E-state index contributed by atoms with van der Waals surface area (Å²) in [5.41, 5.74) is 1.34. The van der Waals surface area contributed by atoms with Crippen molar-refractivity contribution < 1.29 is 4.21 Å². The summed E-state index contributed by atoms with van der Waals surface area (Å²) < 4.78 is 11.2. The van der Waals surface area contributed by atoms with Gasteiger partial charge in [0, 0.05) is 39.8 Å². The zero-order valence-electron chi connectivity index (χ0n) is 9.74. The minimum atomic E-state index is -0.738. The molecule has 0 saturated heterocycles. The van der Waals surface area contributed by atoms with Crippen LogP contribution in [-0.2, 0) is 10.8 Å². The van der Waals surface area contributed by atoms with Gasteiger partial charge >= 0.3 is 0 Å². The second kappa shape index (κ2) is 5.77. The summed E-state index contributed by atoms with van der Waals surface area (Å²) in [7, 11) is -0.738. The molecule has 0 aliphatic carbocycles. The highest BCUT2D eigenvalue weighted by Crippen LogP contribution is 2.23. The zero-order chi connectivity index (χ0) is 11.4. The first-order valence-electron chi connectivity index (χ1n) is 5.12. The molecule has 15 heavy (non-hydrogen) atoms. The van der Waals surface area contributed by atoms with Crippen molar-refractivity contribution in [3.63, 3.8) is 0 Å². The molecule has 4 heteroatoms. The topological polar surface area (TPSA) is 29.1 Å². The van der Waals surface area contributed by atoms with E-state index in [9.17, 15) is 4.21 Å². The van der Waals surface area contributed by atoms with E-state index in [1.807, 2.05) is 6.92 Å². The molecule has 1 aromatic heterocycles. The molecule has 0 aliphatic heterocycles. The Morgan fingerprint density at radius 3 is 2.67 bits per heavy atom. The molecular formula is C11H19NOS2. The Morgan fingerprint density at radius 2 is 2.20 bits per heavy atom. The van der Waals surface area contributed by atoms with Crippen molar-refractivity contribution >= 4 is 22.1 Å². The van der Waals surface area contributed by atoms with E-state index in [0.29, 0.717) is 6.04 Å². The maximum absolute atomic E-state index is 11.2. The van der Waals surface area contributed by atoms with Crippen molar-refractivity contribution in [1.29, 1.82) is 0 Å². The van der Waals surface area contributed by atoms with Gasteiger partial charge in [-0.1, -0.05) is 0 Å². The van der Waals surface area contributed by atoms with Gasteiger partial charge in [0.1, 0.15) is 0 Å². The summed E-state index contributed by atoms with van der Waals surface area (Å²) in [5, 5.41) is 5.76. The molecule has 0 radical (unpaired) electrons. The molecule has 0 aromatic carbocycles. The van der Waals surface area contributed by atoms with Gasteiger partial charge in [-0.2, -0.15) is 0 Å². The lowest BCUT2D eigenvalue weighted by Gasteiger charge is -2.16. The van der Waals surface area contributed by atoms with Crippen LogP contribution < -0.4 is 5.32 Å². The lowest BCUT2D eigenvalue weighted by molar-refractivity contribution is 0.574. The van der Waals surface area contributed by atoms with Gasteiger partial charge in [-0.25, -0.2) is 0 Å². The largest absolute Gasteiger partial charge is 0.308 e. The number of hydrogen-bond donors (Lipinski definition) is 1. The molecule has 86 valence electrons. The molecule has 0 amide bonds. The number of rotatable bonds is 5. The first-order chi connectivity index (χ1) is 7.02. The minimum Gasteiger partial charge on any atom is -0.308 e. The van der Waals surface area contributed by atoms with Gasteiger partial charge < -0.3 is 5.32 Å². The van der Waals surface area contributed by atoms with Crippen LogP contribution in [0.1, 0.15) is 30.3 Å². The second-order valence-corrected chi connectivity index (χ2v) is 6.66. The molecular weight excluding hydrogens is 226 g/mol. The van der Waals surface area contributed by atoms with Gasteiger partial charge in [-0.3, -0.25) is 4.21 Å². The monoisotopic (exact) mass is 245 g/mol. The minimum absolute atomic E-state index is 0.215. The molecule has 0 fully saturated rings. The van der Waals surface area contributed by atoms with Gasteiger partial charge in [0.25, 0.3) is 0 Å². The standard InChI is InChI=1S/C11H19NOS2/c1-8-5-6-14-11(8)10(3)12-7-9(2)15(4)13/h5-6,9-10,12H,7H2,1-4H3/t9-,10-,15-/m0/s1. The highest BCUT2D eigenvalue weighted by Gasteiger charge is 2.12. The van der Waals surface area contributed by atoms with Gasteiger partial charge in [0.15, 0.2) is 0 Å². The lowest BCUT2D eigenvalue weighted by Crippen LogP contribution is -2.29. The Morgan fingerprint density at radius 1 is 1.53 bits per heavy atom. The van der Waals surface area contributed by atoms with Gasteiger partial charge in [0.2, 0.25) is 0 Å². The number of hydrogen-bond acceptors (Lipinski definition) is 3. The van der Waals surface area contributed by atoms with Crippen LogP contribution in [-0.4, -0.2) is 22.3 Å². The second-order valence-electron chi connectivity index (χ2n) is 3.91. The van der Waals surface area contributed by atoms with E-state index < -0.39 is 10.8 Å². The van der Waals surface area contributed by atoms with Crippen LogP contribution in [0, 0.1) is 6.92 Å². The first kappa shape index (κ1) is 12.9. The van der Waals surface area contributed by atoms with Crippen LogP contribution in [0.3, 0.4) is 0 Å². The summed E-state index contributed by atoms with van der Waals surface area (Å²) in [6.07, 6.45) is 1.76. The van der Waals surface area contributed by atoms with Gasteiger partial charge in [-0.05, 0) is 37.8 Å². The molecule has 1 N–H and O–H groups in total. The maximum Gasteiger partial charge on any atom is 0.0441 e. The average molecular weight is 245 g/mol. The quantitative estimate of drug-likeness (QED) is 0.863. The van der Waals surface area contributed by atoms with Crippen molar-refractivity contribution in [2.24, 2.45) is 0 Å². The van der Waals surface area contributed by atoms with Crippen LogP contribution >= 0.6 is 11.3 Å². The van der Waals surface area contributed by atoms with Crippen LogP contribution in [0.15, 0.2) is 11.4 Å². The Balaban J connectivity index is 2.47. The Bertz CT molecular complexity index is 335. The van der Waals surface area contributed by atoms with E-state index in [-0.39, 0.29) is 5.25 Å². The molecule has 1 aromatic rings. The molecule has 0 unspecified atom stereocenters. The van der Waals surface area contributed by atoms with E-state index >= 15 is 0 Å². The summed E-state index contributed by atoms with van der Waals surface area (Å²) in [6.45, 7) is 7.11. The van der Waals surface area contributed by atoms with Gasteiger partial charge in [-0.15, -0.1) is 11.3 Å². The fourth-order valence-electron chi connectivity index (χ4n) is 1.38. The van der Waals surface area contributed by atoms with Crippen LogP contribution in [0.25, 0.3) is 0 Å². The predicted molar refractivity (Wildman–Crippen MR) is 69.0 cm³/mol. The normalized spacial score (nSPS) is 17.3. The zero-order valence-corrected chi connectivity index (χ0v) is 11.4. The third-order valence-corrected chi connectivity index (χ3v) is 5.07. The first-order valence-corrected chi connectivity index (χ1v) is 7.62. The van der Waals surface area contributed by atoms with Crippen molar-refractivity contribution in [3.8, 4) is 0 Å². The fourth-order valence-corrected chi connectivity index (χ4v) is 2.67. The molecule has 0 aliphatic rings. The Kier molecular flexibility index (Phi) is 4.96. The fraction of sp³-hybridized carbons (Fsp3) is 0.636. The van der Waals surface area contributed by atoms with E-state index in [1.165, 1.54) is 10.4 Å². The third kappa shape index (κ3) is 3.70. The van der Waals surface area contributed by atoms with Crippen LogP contribution in [0.4, 0.5) is 0 Å². The molecule has 1 heterocycles. The number of nitrogens with one attached hydrogen (secondary N) is 1. The van der Waals surface area contributed by atoms with Crippen molar-refractivity contribution in [2.75, 3.05) is 12.8 Å². The van der Waals surface area contributed by atoms with E-state index in [0.717, 1.165) is 6.54 Å². The van der Waals surface area contributed by atoms with E-state index in [1.54, 1.807) is 17.6 Å². The lowest BCUT2D eigenvalue weighted by atomic mass is 10.2. The summed E-state index contributed by atoms with van der Waals surface area (Å²) in [6, 6.07) is 2.50. The summed E-state index contributed by atoms with van der Waals surface area (Å²) >= 11 is 1.78. The Labute approximate surface area is 98.6 Å². The number of thiophene rings is 1. The number of aryl methyl sites for hydroxylation is 1. The third-order valence-electron chi connectivity index (χ3n) is 2.57. The Hall–Kier alpha value is -0.190. The highest BCUT2D eigenvalue weighted by atomic mass is 32.2. The molecule has 1 rings (SSSR count). The molecule has 2 nitrogen and oxygen atoms in total. The smallest absolute Gasteiger partial charge is 0.0441 e. The predicted octanol–water partition coefficient (Wildman–Crippen LogP) is 2.47.